The second-order valence-corrected chi connectivity index (χ2v) is 6.70. The second-order valence-electron chi connectivity index (χ2n) is 5.48. The molecule has 2 atom stereocenters. The molecule has 0 aromatic rings. The molecule has 0 radical (unpaired) electrons. The molecule has 0 aromatic carbocycles. The van der Waals surface area contributed by atoms with Gasteiger partial charge in [-0.25, -0.2) is 0 Å². The van der Waals surface area contributed by atoms with Crippen molar-refractivity contribution in [2.24, 2.45) is 11.8 Å². The summed E-state index contributed by atoms with van der Waals surface area (Å²) in [5.74, 6) is 4.59. The van der Waals surface area contributed by atoms with Crippen LogP contribution < -0.4 is 5.32 Å². The van der Waals surface area contributed by atoms with E-state index in [1.165, 1.54) is 50.4 Å². The molecule has 2 heterocycles. The Morgan fingerprint density at radius 1 is 1.25 bits per heavy atom. The molecular weight excluding hydrogens is 216 g/mol. The average Bonchev–Trinajstić information content (AvgIpc) is 2.31. The van der Waals surface area contributed by atoms with E-state index < -0.39 is 0 Å². The van der Waals surface area contributed by atoms with Gasteiger partial charge in [-0.2, -0.15) is 11.8 Å². The maximum Gasteiger partial charge on any atom is 0.0114 e. The Morgan fingerprint density at radius 2 is 2.00 bits per heavy atom. The Hall–Kier alpha value is 0.270. The summed E-state index contributed by atoms with van der Waals surface area (Å²) in [6.07, 6.45) is 4.23. The van der Waals surface area contributed by atoms with E-state index in [1.54, 1.807) is 0 Å². The van der Waals surface area contributed by atoms with Gasteiger partial charge in [-0.3, -0.25) is 0 Å². The first-order chi connectivity index (χ1) is 7.79. The van der Waals surface area contributed by atoms with Crippen molar-refractivity contribution in [3.05, 3.63) is 0 Å². The fourth-order valence-electron chi connectivity index (χ4n) is 3.12. The van der Waals surface area contributed by atoms with Crippen molar-refractivity contribution < 1.29 is 0 Å². The van der Waals surface area contributed by atoms with Crippen LogP contribution in [0, 0.1) is 11.8 Å². The lowest BCUT2D eigenvalue weighted by atomic mass is 9.92. The summed E-state index contributed by atoms with van der Waals surface area (Å²) in [4.78, 5) is 2.71. The summed E-state index contributed by atoms with van der Waals surface area (Å²) in [6, 6.07) is 0.748. The molecular formula is C13H26N2S. The van der Waals surface area contributed by atoms with E-state index in [9.17, 15) is 0 Å². The number of piperidine rings is 1. The third-order valence-electron chi connectivity index (χ3n) is 4.22. The smallest absolute Gasteiger partial charge is 0.0114 e. The van der Waals surface area contributed by atoms with Crippen molar-refractivity contribution in [1.82, 2.24) is 10.2 Å². The maximum atomic E-state index is 3.45. The van der Waals surface area contributed by atoms with Crippen LogP contribution in [0.5, 0.6) is 0 Å². The monoisotopic (exact) mass is 242 g/mol. The predicted octanol–water partition coefficient (Wildman–Crippen LogP) is 2.06. The van der Waals surface area contributed by atoms with E-state index in [0.29, 0.717) is 0 Å². The Labute approximate surface area is 105 Å². The van der Waals surface area contributed by atoms with Gasteiger partial charge in [0.2, 0.25) is 0 Å². The first-order valence-corrected chi connectivity index (χ1v) is 7.92. The molecule has 2 fully saturated rings. The predicted molar refractivity (Wildman–Crippen MR) is 73.1 cm³/mol. The highest BCUT2D eigenvalue weighted by Gasteiger charge is 2.26. The first-order valence-electron chi connectivity index (χ1n) is 6.77. The SMILES string of the molecule is CNC1CCN(CC2CCSCC2)CC1C. The van der Waals surface area contributed by atoms with Crippen LogP contribution in [0.4, 0.5) is 0 Å². The third kappa shape index (κ3) is 3.38. The fraction of sp³-hybridized carbons (Fsp3) is 1.00. The summed E-state index contributed by atoms with van der Waals surface area (Å²) in [7, 11) is 2.11. The molecule has 0 aliphatic carbocycles. The minimum absolute atomic E-state index is 0.748. The van der Waals surface area contributed by atoms with E-state index in [-0.39, 0.29) is 0 Å². The van der Waals surface area contributed by atoms with E-state index in [2.05, 4.69) is 35.9 Å². The quantitative estimate of drug-likeness (QED) is 0.815. The van der Waals surface area contributed by atoms with Crippen LogP contribution in [0.15, 0.2) is 0 Å². The maximum absolute atomic E-state index is 3.45. The zero-order valence-corrected chi connectivity index (χ0v) is 11.6. The van der Waals surface area contributed by atoms with Gasteiger partial charge in [0.15, 0.2) is 0 Å². The molecule has 0 amide bonds. The van der Waals surface area contributed by atoms with Gasteiger partial charge in [0.05, 0.1) is 0 Å². The topological polar surface area (TPSA) is 15.3 Å². The molecule has 0 aromatic heterocycles. The molecule has 3 heteroatoms. The van der Waals surface area contributed by atoms with E-state index in [1.807, 2.05) is 0 Å². The Morgan fingerprint density at radius 3 is 2.62 bits per heavy atom. The highest BCUT2D eigenvalue weighted by molar-refractivity contribution is 7.99. The zero-order chi connectivity index (χ0) is 11.4. The molecule has 2 saturated heterocycles. The molecule has 94 valence electrons. The van der Waals surface area contributed by atoms with Gasteiger partial charge >= 0.3 is 0 Å². The van der Waals surface area contributed by atoms with Gasteiger partial charge < -0.3 is 10.2 Å². The van der Waals surface area contributed by atoms with Gasteiger partial charge in [-0.15, -0.1) is 0 Å². The van der Waals surface area contributed by atoms with Crippen LogP contribution in [0.2, 0.25) is 0 Å². The first kappa shape index (κ1) is 12.7. The normalized spacial score (nSPS) is 34.1. The van der Waals surface area contributed by atoms with Crippen molar-refractivity contribution in [1.29, 1.82) is 0 Å². The van der Waals surface area contributed by atoms with Gasteiger partial charge in [0, 0.05) is 19.1 Å². The highest BCUT2D eigenvalue weighted by Crippen LogP contribution is 2.25. The average molecular weight is 242 g/mol. The molecule has 1 N–H and O–H groups in total. The zero-order valence-electron chi connectivity index (χ0n) is 10.7. The lowest BCUT2D eigenvalue weighted by Crippen LogP contribution is -2.48. The lowest BCUT2D eigenvalue weighted by Gasteiger charge is -2.39. The minimum atomic E-state index is 0.748. The molecule has 0 spiro atoms. The summed E-state index contributed by atoms with van der Waals surface area (Å²) in [5.41, 5.74) is 0. The minimum Gasteiger partial charge on any atom is -0.317 e. The Balaban J connectivity index is 1.74. The van der Waals surface area contributed by atoms with Crippen LogP contribution in [0.25, 0.3) is 0 Å². The Kier molecular flexibility index (Phi) is 4.98. The molecule has 2 aliphatic heterocycles. The van der Waals surface area contributed by atoms with Crippen LogP contribution in [-0.4, -0.2) is 49.1 Å². The van der Waals surface area contributed by atoms with E-state index in [4.69, 9.17) is 0 Å². The number of hydrogen-bond donors (Lipinski definition) is 1. The van der Waals surface area contributed by atoms with E-state index in [0.717, 1.165) is 17.9 Å². The number of nitrogens with one attached hydrogen (secondary N) is 1. The molecule has 16 heavy (non-hydrogen) atoms. The summed E-state index contributed by atoms with van der Waals surface area (Å²) >= 11 is 2.14. The number of hydrogen-bond acceptors (Lipinski definition) is 3. The standard InChI is InChI=1S/C13H26N2S/c1-11-9-15(6-3-13(11)14-2)10-12-4-7-16-8-5-12/h11-14H,3-10H2,1-2H3. The molecule has 2 unspecified atom stereocenters. The third-order valence-corrected chi connectivity index (χ3v) is 5.27. The molecule has 2 rings (SSSR count). The number of likely N-dealkylation sites (tertiary alicyclic amines) is 1. The van der Waals surface area contributed by atoms with Crippen LogP contribution in [0.1, 0.15) is 26.2 Å². The largest absolute Gasteiger partial charge is 0.317 e. The van der Waals surface area contributed by atoms with Gasteiger partial charge in [0.25, 0.3) is 0 Å². The summed E-state index contributed by atoms with van der Waals surface area (Å²) < 4.78 is 0. The Bertz CT molecular complexity index is 204. The number of rotatable bonds is 3. The van der Waals surface area contributed by atoms with Crippen LogP contribution in [-0.2, 0) is 0 Å². The summed E-state index contributed by atoms with van der Waals surface area (Å²) in [5, 5.41) is 3.45. The van der Waals surface area contributed by atoms with Crippen molar-refractivity contribution in [3.8, 4) is 0 Å². The second kappa shape index (κ2) is 6.27. The van der Waals surface area contributed by atoms with Crippen molar-refractivity contribution >= 4 is 11.8 Å². The van der Waals surface area contributed by atoms with Crippen molar-refractivity contribution in [3.63, 3.8) is 0 Å². The van der Waals surface area contributed by atoms with Crippen LogP contribution in [0.3, 0.4) is 0 Å². The van der Waals surface area contributed by atoms with Gasteiger partial charge in [0.1, 0.15) is 0 Å². The van der Waals surface area contributed by atoms with E-state index >= 15 is 0 Å². The van der Waals surface area contributed by atoms with Gasteiger partial charge in [-0.05, 0) is 56.2 Å². The summed E-state index contributed by atoms with van der Waals surface area (Å²) in [6.45, 7) is 6.36. The van der Waals surface area contributed by atoms with Crippen LogP contribution >= 0.6 is 11.8 Å². The van der Waals surface area contributed by atoms with Crippen molar-refractivity contribution in [2.45, 2.75) is 32.2 Å². The number of nitrogens with zero attached hydrogens (tertiary/aromatic N) is 1. The lowest BCUT2D eigenvalue weighted by molar-refractivity contribution is 0.129. The highest BCUT2D eigenvalue weighted by atomic mass is 32.2. The molecule has 2 aliphatic rings. The van der Waals surface area contributed by atoms with Gasteiger partial charge in [-0.1, -0.05) is 6.92 Å². The number of thioether (sulfide) groups is 1. The fourth-order valence-corrected chi connectivity index (χ4v) is 4.32. The molecule has 0 saturated carbocycles. The van der Waals surface area contributed by atoms with Crippen molar-refractivity contribution in [2.75, 3.05) is 38.2 Å². The molecule has 2 nitrogen and oxygen atoms in total. The molecule has 0 bridgehead atoms.